The second-order valence-electron chi connectivity index (χ2n) is 5.38. The third kappa shape index (κ3) is 2.67. The summed E-state index contributed by atoms with van der Waals surface area (Å²) in [5, 5.41) is 8.99. The molecule has 122 valence electrons. The lowest BCUT2D eigenvalue weighted by molar-refractivity contribution is 0.0697. The number of aromatic carboxylic acids is 1. The second-order valence-corrected chi connectivity index (χ2v) is 5.38. The topological polar surface area (TPSA) is 115 Å². The third-order valence-corrected chi connectivity index (χ3v) is 3.78. The predicted octanol–water partition coefficient (Wildman–Crippen LogP) is 3.23. The van der Waals surface area contributed by atoms with Crippen molar-refractivity contribution in [3.63, 3.8) is 0 Å². The molecule has 0 amide bonds. The normalized spacial score (nSPS) is 10.9. The van der Waals surface area contributed by atoms with Crippen LogP contribution in [0.1, 0.15) is 10.4 Å². The Balaban J connectivity index is 1.79. The van der Waals surface area contributed by atoms with Gasteiger partial charge in [-0.25, -0.2) is 14.8 Å². The molecule has 7 heteroatoms. The fourth-order valence-electron chi connectivity index (χ4n) is 2.49. The highest BCUT2D eigenvalue weighted by molar-refractivity contribution is 5.88. The molecule has 3 N–H and O–H groups in total. The van der Waals surface area contributed by atoms with Crippen LogP contribution in [-0.2, 0) is 0 Å². The van der Waals surface area contributed by atoms with Gasteiger partial charge in [0.15, 0.2) is 11.2 Å². The van der Waals surface area contributed by atoms with Crippen LogP contribution < -0.4 is 5.73 Å². The lowest BCUT2D eigenvalue weighted by Gasteiger charge is -2.06. The smallest absolute Gasteiger partial charge is 0.335 e. The molecule has 3 heterocycles. The number of pyridine rings is 2. The van der Waals surface area contributed by atoms with Crippen LogP contribution in [0.15, 0.2) is 59.3 Å². The number of benzene rings is 1. The second kappa shape index (κ2) is 5.72. The largest absolute Gasteiger partial charge is 0.478 e. The molecule has 7 nitrogen and oxygen atoms in total. The highest BCUT2D eigenvalue weighted by Crippen LogP contribution is 2.30. The van der Waals surface area contributed by atoms with E-state index in [0.29, 0.717) is 22.7 Å². The molecular weight excluding hydrogens is 320 g/mol. The summed E-state index contributed by atoms with van der Waals surface area (Å²) in [6, 6.07) is 11.9. The maximum atomic E-state index is 11.0. The monoisotopic (exact) mass is 332 g/mol. The van der Waals surface area contributed by atoms with Crippen molar-refractivity contribution in [2.24, 2.45) is 0 Å². The van der Waals surface area contributed by atoms with Crippen LogP contribution in [0.25, 0.3) is 33.8 Å². The zero-order valence-electron chi connectivity index (χ0n) is 12.9. The molecule has 25 heavy (non-hydrogen) atoms. The average Bonchev–Trinajstić information content (AvgIpc) is 3.06. The number of nitrogens with zero attached hydrogens (tertiary/aromatic N) is 3. The Kier molecular flexibility index (Phi) is 3.39. The first-order valence-electron chi connectivity index (χ1n) is 7.43. The Morgan fingerprint density at radius 2 is 1.88 bits per heavy atom. The fraction of sp³-hybridized carbons (Fsp3) is 0. The first-order valence-corrected chi connectivity index (χ1v) is 7.43. The van der Waals surface area contributed by atoms with E-state index in [2.05, 4.69) is 15.0 Å². The van der Waals surface area contributed by atoms with Crippen molar-refractivity contribution in [3.05, 3.63) is 60.4 Å². The molecule has 0 radical (unpaired) electrons. The molecule has 0 spiro atoms. The first-order chi connectivity index (χ1) is 12.1. The Morgan fingerprint density at radius 1 is 1.08 bits per heavy atom. The molecule has 0 fully saturated rings. The number of aromatic nitrogens is 3. The van der Waals surface area contributed by atoms with Crippen LogP contribution in [0.2, 0.25) is 0 Å². The van der Waals surface area contributed by atoms with Gasteiger partial charge in [-0.2, -0.15) is 4.98 Å². The summed E-state index contributed by atoms with van der Waals surface area (Å²) in [6.45, 7) is 0. The molecule has 0 atom stereocenters. The van der Waals surface area contributed by atoms with E-state index < -0.39 is 5.97 Å². The van der Waals surface area contributed by atoms with Gasteiger partial charge in [-0.1, -0.05) is 12.1 Å². The molecular formula is C18H12N4O3. The standard InChI is InChI=1S/C18H12N4O3/c19-15-13(17-22-16-14(25-17)2-1-7-20-16)8-12(9-21-15)10-3-5-11(6-4-10)18(23)24/h1-9H,(H2,19,21)(H,23,24). The minimum absolute atomic E-state index is 0.220. The van der Waals surface area contributed by atoms with Crippen LogP contribution in [-0.4, -0.2) is 26.0 Å². The summed E-state index contributed by atoms with van der Waals surface area (Å²) in [4.78, 5) is 23.6. The zero-order valence-corrected chi connectivity index (χ0v) is 12.9. The van der Waals surface area contributed by atoms with Crippen molar-refractivity contribution < 1.29 is 14.3 Å². The Labute approximate surface area is 141 Å². The minimum Gasteiger partial charge on any atom is -0.478 e. The number of nitrogens with two attached hydrogens (primary N) is 1. The molecule has 0 saturated carbocycles. The van der Waals surface area contributed by atoms with Crippen LogP contribution in [0, 0.1) is 0 Å². The van der Waals surface area contributed by atoms with Gasteiger partial charge in [-0.3, -0.25) is 0 Å². The maximum Gasteiger partial charge on any atom is 0.335 e. The number of oxazole rings is 1. The van der Waals surface area contributed by atoms with E-state index in [0.717, 1.165) is 11.1 Å². The highest BCUT2D eigenvalue weighted by atomic mass is 16.4. The van der Waals surface area contributed by atoms with Crippen LogP contribution in [0.5, 0.6) is 0 Å². The number of nitrogen functional groups attached to an aromatic ring is 1. The molecule has 0 bridgehead atoms. The zero-order chi connectivity index (χ0) is 17.4. The fourth-order valence-corrected chi connectivity index (χ4v) is 2.49. The number of carbonyl (C=O) groups is 1. The van der Waals surface area contributed by atoms with Crippen molar-refractivity contribution in [2.45, 2.75) is 0 Å². The average molecular weight is 332 g/mol. The summed E-state index contributed by atoms with van der Waals surface area (Å²) in [7, 11) is 0. The number of anilines is 1. The first kappa shape index (κ1) is 14.8. The molecule has 0 aliphatic rings. The van der Waals surface area contributed by atoms with E-state index in [9.17, 15) is 4.79 Å². The molecule has 1 aromatic carbocycles. The quantitative estimate of drug-likeness (QED) is 0.591. The van der Waals surface area contributed by atoms with Gasteiger partial charge in [0.05, 0.1) is 11.1 Å². The van der Waals surface area contributed by atoms with Gasteiger partial charge in [-0.15, -0.1) is 0 Å². The van der Waals surface area contributed by atoms with Crippen molar-refractivity contribution in [2.75, 3.05) is 5.73 Å². The number of carboxylic acids is 1. The SMILES string of the molecule is Nc1ncc(-c2ccc(C(=O)O)cc2)cc1-c1nc2ncccc2o1. The molecule has 4 aromatic rings. The summed E-state index contributed by atoms with van der Waals surface area (Å²) in [5.74, 6) is -0.346. The Morgan fingerprint density at radius 3 is 2.60 bits per heavy atom. The number of rotatable bonds is 3. The lowest BCUT2D eigenvalue weighted by atomic mass is 10.0. The van der Waals surface area contributed by atoms with E-state index in [1.54, 1.807) is 36.7 Å². The van der Waals surface area contributed by atoms with E-state index in [-0.39, 0.29) is 11.4 Å². The van der Waals surface area contributed by atoms with Gasteiger partial charge in [-0.05, 0) is 35.9 Å². The van der Waals surface area contributed by atoms with Crippen molar-refractivity contribution in [1.82, 2.24) is 15.0 Å². The summed E-state index contributed by atoms with van der Waals surface area (Å²) in [5.41, 5.74) is 9.39. The minimum atomic E-state index is -0.971. The highest BCUT2D eigenvalue weighted by Gasteiger charge is 2.14. The lowest BCUT2D eigenvalue weighted by Crippen LogP contribution is -1.97. The van der Waals surface area contributed by atoms with Crippen LogP contribution in [0.3, 0.4) is 0 Å². The van der Waals surface area contributed by atoms with Gasteiger partial charge in [0.1, 0.15) is 5.82 Å². The number of carboxylic acid groups (broad SMARTS) is 1. The summed E-state index contributed by atoms with van der Waals surface area (Å²) in [6.07, 6.45) is 3.26. The van der Waals surface area contributed by atoms with Crippen LogP contribution in [0.4, 0.5) is 5.82 Å². The number of hydrogen-bond donors (Lipinski definition) is 2. The molecule has 4 rings (SSSR count). The van der Waals surface area contributed by atoms with Gasteiger partial charge in [0.2, 0.25) is 5.89 Å². The predicted molar refractivity (Wildman–Crippen MR) is 91.8 cm³/mol. The van der Waals surface area contributed by atoms with E-state index in [1.165, 1.54) is 12.1 Å². The third-order valence-electron chi connectivity index (χ3n) is 3.78. The Bertz CT molecular complexity index is 1050. The van der Waals surface area contributed by atoms with E-state index in [1.807, 2.05) is 6.07 Å². The van der Waals surface area contributed by atoms with Crippen LogP contribution >= 0.6 is 0 Å². The number of hydrogen-bond acceptors (Lipinski definition) is 6. The molecule has 0 unspecified atom stereocenters. The molecule has 3 aromatic heterocycles. The number of fused-ring (bicyclic) bond motifs is 1. The van der Waals surface area contributed by atoms with Gasteiger partial charge in [0.25, 0.3) is 0 Å². The Hall–Kier alpha value is -3.74. The van der Waals surface area contributed by atoms with Gasteiger partial charge in [0, 0.05) is 18.0 Å². The summed E-state index contributed by atoms with van der Waals surface area (Å²) < 4.78 is 5.71. The van der Waals surface area contributed by atoms with E-state index in [4.69, 9.17) is 15.3 Å². The van der Waals surface area contributed by atoms with E-state index >= 15 is 0 Å². The van der Waals surface area contributed by atoms with Gasteiger partial charge < -0.3 is 15.3 Å². The van der Waals surface area contributed by atoms with Crippen molar-refractivity contribution in [1.29, 1.82) is 0 Å². The molecule has 0 aliphatic heterocycles. The molecule has 0 aliphatic carbocycles. The van der Waals surface area contributed by atoms with Gasteiger partial charge >= 0.3 is 5.97 Å². The summed E-state index contributed by atoms with van der Waals surface area (Å²) >= 11 is 0. The molecule has 0 saturated heterocycles. The van der Waals surface area contributed by atoms with Crippen molar-refractivity contribution in [3.8, 4) is 22.6 Å². The van der Waals surface area contributed by atoms with Crippen molar-refractivity contribution >= 4 is 23.0 Å². The maximum absolute atomic E-state index is 11.0.